The average Bonchev–Trinajstić information content (AvgIpc) is 2.67. The summed E-state index contributed by atoms with van der Waals surface area (Å²) in [6, 6.07) is 4.35. The van der Waals surface area contributed by atoms with E-state index in [1.165, 1.54) is 12.1 Å². The summed E-state index contributed by atoms with van der Waals surface area (Å²) in [5, 5.41) is 0. The summed E-state index contributed by atoms with van der Waals surface area (Å²) in [5.41, 5.74) is 8.18. The third-order valence-electron chi connectivity index (χ3n) is 2.12. The van der Waals surface area contributed by atoms with Crippen LogP contribution in [0.1, 0.15) is 22.9 Å². The number of aryl methyl sites for hydroxylation is 1. The first kappa shape index (κ1) is 10.2. The molecule has 0 saturated carbocycles. The standard InChI is InChI=1S/C10H10FN3S/c1-6-2-7(4-8(11)3-6)10(12)9-5-13-15-14-9/h2-5,10H,12H2,1H3. The van der Waals surface area contributed by atoms with E-state index < -0.39 is 6.04 Å². The molecular weight excluding hydrogens is 213 g/mol. The Morgan fingerprint density at radius 2 is 2.20 bits per heavy atom. The summed E-state index contributed by atoms with van der Waals surface area (Å²) in [5.74, 6) is -0.274. The van der Waals surface area contributed by atoms with E-state index >= 15 is 0 Å². The predicted octanol–water partition coefficient (Wildman–Crippen LogP) is 2.03. The minimum Gasteiger partial charge on any atom is -0.319 e. The first-order valence-corrected chi connectivity index (χ1v) is 5.20. The maximum atomic E-state index is 13.1. The van der Waals surface area contributed by atoms with Crippen LogP contribution in [0.25, 0.3) is 0 Å². The summed E-state index contributed by atoms with van der Waals surface area (Å²) in [4.78, 5) is 0. The molecule has 1 aromatic heterocycles. The summed E-state index contributed by atoms with van der Waals surface area (Å²) in [6.07, 6.45) is 1.61. The lowest BCUT2D eigenvalue weighted by atomic mass is 10.0. The molecule has 0 aliphatic heterocycles. The Morgan fingerprint density at radius 3 is 2.80 bits per heavy atom. The second-order valence-electron chi connectivity index (χ2n) is 3.37. The molecule has 2 N–H and O–H groups in total. The zero-order chi connectivity index (χ0) is 10.8. The lowest BCUT2D eigenvalue weighted by Gasteiger charge is -2.09. The van der Waals surface area contributed by atoms with E-state index in [9.17, 15) is 4.39 Å². The number of hydrogen-bond acceptors (Lipinski definition) is 4. The van der Waals surface area contributed by atoms with Crippen LogP contribution in [0.4, 0.5) is 4.39 Å². The Balaban J connectivity index is 2.37. The number of aromatic nitrogens is 2. The van der Waals surface area contributed by atoms with Crippen molar-refractivity contribution in [1.29, 1.82) is 0 Å². The minimum atomic E-state index is -0.404. The number of nitrogens with two attached hydrogens (primary N) is 1. The van der Waals surface area contributed by atoms with Gasteiger partial charge in [-0.3, -0.25) is 0 Å². The summed E-state index contributed by atoms with van der Waals surface area (Å²) in [6.45, 7) is 1.83. The van der Waals surface area contributed by atoms with Crippen LogP contribution >= 0.6 is 11.7 Å². The Morgan fingerprint density at radius 1 is 1.40 bits per heavy atom. The van der Waals surface area contributed by atoms with Gasteiger partial charge in [0.1, 0.15) is 5.82 Å². The molecular formula is C10H10FN3S. The molecule has 0 saturated heterocycles. The summed E-state index contributed by atoms with van der Waals surface area (Å²) < 4.78 is 21.0. The zero-order valence-corrected chi connectivity index (χ0v) is 8.96. The average molecular weight is 223 g/mol. The van der Waals surface area contributed by atoms with E-state index in [2.05, 4.69) is 8.75 Å². The van der Waals surface area contributed by atoms with E-state index in [1.807, 2.05) is 13.0 Å². The third-order valence-corrected chi connectivity index (χ3v) is 2.61. The highest BCUT2D eigenvalue weighted by Crippen LogP contribution is 2.20. The smallest absolute Gasteiger partial charge is 0.123 e. The van der Waals surface area contributed by atoms with Crippen molar-refractivity contribution in [3.05, 3.63) is 47.0 Å². The molecule has 1 aromatic carbocycles. The van der Waals surface area contributed by atoms with Crippen LogP contribution in [-0.2, 0) is 0 Å². The van der Waals surface area contributed by atoms with Gasteiger partial charge in [0.15, 0.2) is 0 Å². The van der Waals surface area contributed by atoms with Crippen LogP contribution in [0.3, 0.4) is 0 Å². The predicted molar refractivity (Wildman–Crippen MR) is 57.1 cm³/mol. The number of hydrogen-bond donors (Lipinski definition) is 1. The molecule has 0 bridgehead atoms. The van der Waals surface area contributed by atoms with Gasteiger partial charge in [-0.05, 0) is 30.2 Å². The van der Waals surface area contributed by atoms with Gasteiger partial charge in [0.25, 0.3) is 0 Å². The summed E-state index contributed by atoms with van der Waals surface area (Å²) in [7, 11) is 0. The molecule has 2 rings (SSSR count). The van der Waals surface area contributed by atoms with Crippen molar-refractivity contribution < 1.29 is 4.39 Å². The number of rotatable bonds is 2. The Hall–Kier alpha value is -1.33. The van der Waals surface area contributed by atoms with Crippen molar-refractivity contribution in [1.82, 2.24) is 8.75 Å². The van der Waals surface area contributed by atoms with Crippen LogP contribution < -0.4 is 5.73 Å². The normalized spacial score (nSPS) is 12.7. The first-order valence-electron chi connectivity index (χ1n) is 4.47. The fraction of sp³-hybridized carbons (Fsp3) is 0.200. The van der Waals surface area contributed by atoms with Crippen LogP contribution in [0.2, 0.25) is 0 Å². The highest BCUT2D eigenvalue weighted by molar-refractivity contribution is 6.99. The molecule has 5 heteroatoms. The summed E-state index contributed by atoms with van der Waals surface area (Å²) >= 11 is 1.10. The molecule has 2 aromatic rings. The lowest BCUT2D eigenvalue weighted by Crippen LogP contribution is -2.12. The van der Waals surface area contributed by atoms with Crippen molar-refractivity contribution in [2.45, 2.75) is 13.0 Å². The van der Waals surface area contributed by atoms with Crippen molar-refractivity contribution in [3.8, 4) is 0 Å². The molecule has 3 nitrogen and oxygen atoms in total. The Labute approximate surface area is 91.1 Å². The molecule has 0 aliphatic rings. The van der Waals surface area contributed by atoms with E-state index in [1.54, 1.807) is 6.20 Å². The van der Waals surface area contributed by atoms with E-state index in [4.69, 9.17) is 5.73 Å². The fourth-order valence-corrected chi connectivity index (χ4v) is 1.88. The monoisotopic (exact) mass is 223 g/mol. The SMILES string of the molecule is Cc1cc(F)cc(C(N)c2cnsn2)c1. The number of nitrogens with zero attached hydrogens (tertiary/aromatic N) is 2. The number of halogens is 1. The third kappa shape index (κ3) is 2.19. The molecule has 0 aliphatic carbocycles. The molecule has 1 unspecified atom stereocenters. The van der Waals surface area contributed by atoms with Crippen molar-refractivity contribution in [2.75, 3.05) is 0 Å². The Bertz CT molecular complexity index is 435. The van der Waals surface area contributed by atoms with E-state index in [0.29, 0.717) is 5.69 Å². The topological polar surface area (TPSA) is 51.8 Å². The van der Waals surface area contributed by atoms with Gasteiger partial charge in [0, 0.05) is 0 Å². The van der Waals surface area contributed by atoms with Gasteiger partial charge in [-0.15, -0.1) is 0 Å². The minimum absolute atomic E-state index is 0.274. The van der Waals surface area contributed by atoms with Gasteiger partial charge in [0.2, 0.25) is 0 Å². The van der Waals surface area contributed by atoms with Crippen molar-refractivity contribution in [2.24, 2.45) is 5.73 Å². The number of benzene rings is 1. The van der Waals surface area contributed by atoms with Crippen LogP contribution in [0.5, 0.6) is 0 Å². The van der Waals surface area contributed by atoms with Crippen LogP contribution in [0.15, 0.2) is 24.4 Å². The van der Waals surface area contributed by atoms with Gasteiger partial charge in [-0.25, -0.2) is 4.39 Å². The molecule has 1 heterocycles. The van der Waals surface area contributed by atoms with Crippen molar-refractivity contribution >= 4 is 11.7 Å². The fourth-order valence-electron chi connectivity index (χ4n) is 1.42. The molecule has 1 atom stereocenters. The maximum absolute atomic E-state index is 13.1. The van der Waals surface area contributed by atoms with Gasteiger partial charge in [-0.2, -0.15) is 8.75 Å². The van der Waals surface area contributed by atoms with Gasteiger partial charge in [0.05, 0.1) is 29.7 Å². The Kier molecular flexibility index (Phi) is 2.75. The quantitative estimate of drug-likeness (QED) is 0.847. The molecule has 78 valence electrons. The zero-order valence-electron chi connectivity index (χ0n) is 8.14. The van der Waals surface area contributed by atoms with Gasteiger partial charge in [-0.1, -0.05) is 6.07 Å². The second kappa shape index (κ2) is 4.04. The molecule has 0 radical (unpaired) electrons. The van der Waals surface area contributed by atoms with Crippen LogP contribution in [0, 0.1) is 12.7 Å². The van der Waals surface area contributed by atoms with Crippen molar-refractivity contribution in [3.63, 3.8) is 0 Å². The largest absolute Gasteiger partial charge is 0.319 e. The van der Waals surface area contributed by atoms with Gasteiger partial charge >= 0.3 is 0 Å². The highest BCUT2D eigenvalue weighted by Gasteiger charge is 2.12. The first-order chi connectivity index (χ1) is 7.16. The van der Waals surface area contributed by atoms with E-state index in [0.717, 1.165) is 22.9 Å². The lowest BCUT2D eigenvalue weighted by molar-refractivity contribution is 0.622. The molecule has 0 amide bonds. The maximum Gasteiger partial charge on any atom is 0.123 e. The molecule has 0 spiro atoms. The van der Waals surface area contributed by atoms with Gasteiger partial charge < -0.3 is 5.73 Å². The second-order valence-corrected chi connectivity index (χ2v) is 3.93. The molecule has 15 heavy (non-hydrogen) atoms. The van der Waals surface area contributed by atoms with Crippen LogP contribution in [-0.4, -0.2) is 8.75 Å². The molecule has 0 fully saturated rings. The van der Waals surface area contributed by atoms with E-state index in [-0.39, 0.29) is 5.82 Å². The highest BCUT2D eigenvalue weighted by atomic mass is 32.1.